The lowest BCUT2D eigenvalue weighted by molar-refractivity contribution is 0.0395. The molecule has 3 N–H and O–H groups in total. The lowest BCUT2D eigenvalue weighted by Crippen LogP contribution is -2.35. The fourth-order valence-electron chi connectivity index (χ4n) is 2.52. The molecule has 2 nitrogen and oxygen atoms in total. The summed E-state index contributed by atoms with van der Waals surface area (Å²) in [6.07, 6.45) is 0.488. The molecular weight excluding hydrogens is 294 g/mol. The van der Waals surface area contributed by atoms with Gasteiger partial charge >= 0.3 is 0 Å². The van der Waals surface area contributed by atoms with Gasteiger partial charge in [-0.25, -0.2) is 0 Å². The number of aliphatic hydroxyl groups is 1. The summed E-state index contributed by atoms with van der Waals surface area (Å²) in [6.45, 7) is 1.87. The first-order chi connectivity index (χ1) is 10.1. The number of halogens is 1. The second kappa shape index (κ2) is 6.49. The molecule has 0 unspecified atom stereocenters. The fraction of sp³-hybridized carbons (Fsp3) is 0.158. The van der Waals surface area contributed by atoms with Gasteiger partial charge in [-0.3, -0.25) is 5.73 Å². The highest BCUT2D eigenvalue weighted by Gasteiger charge is 2.20. The predicted molar refractivity (Wildman–Crippen MR) is 95.0 cm³/mol. The average molecular weight is 314 g/mol. The lowest BCUT2D eigenvalue weighted by atomic mass is 9.96. The van der Waals surface area contributed by atoms with E-state index in [0.717, 1.165) is 16.7 Å². The number of rotatable bonds is 3. The van der Waals surface area contributed by atoms with Crippen molar-refractivity contribution in [2.45, 2.75) is 19.1 Å². The van der Waals surface area contributed by atoms with Crippen LogP contribution in [0.2, 0.25) is 0 Å². The minimum Gasteiger partial charge on any atom is -0.372 e. The number of hydrogen-bond acceptors (Lipinski definition) is 2. The number of fused-ring (bicyclic) bond motifs is 1. The van der Waals surface area contributed by atoms with Crippen LogP contribution in [0.15, 0.2) is 66.7 Å². The highest BCUT2D eigenvalue weighted by atomic mass is 35.5. The van der Waals surface area contributed by atoms with Crippen molar-refractivity contribution in [3.8, 4) is 11.1 Å². The molecule has 0 saturated carbocycles. The zero-order chi connectivity index (χ0) is 14.9. The van der Waals surface area contributed by atoms with Crippen molar-refractivity contribution in [1.29, 1.82) is 0 Å². The van der Waals surface area contributed by atoms with E-state index in [1.54, 1.807) is 0 Å². The third-order valence-corrected chi connectivity index (χ3v) is 4.01. The molecule has 0 fully saturated rings. The maximum absolute atomic E-state index is 10.1. The molecule has 0 heterocycles. The largest absolute Gasteiger partial charge is 0.372 e. The van der Waals surface area contributed by atoms with Crippen LogP contribution in [-0.2, 0) is 5.72 Å². The summed E-state index contributed by atoms with van der Waals surface area (Å²) >= 11 is 0. The van der Waals surface area contributed by atoms with E-state index in [1.807, 2.05) is 43.3 Å². The van der Waals surface area contributed by atoms with Crippen LogP contribution in [0.5, 0.6) is 0 Å². The average Bonchev–Trinajstić information content (AvgIpc) is 2.54. The maximum atomic E-state index is 10.1. The molecule has 0 aliphatic carbocycles. The Labute approximate surface area is 137 Å². The molecule has 0 bridgehead atoms. The maximum Gasteiger partial charge on any atom is 0.139 e. The zero-order valence-corrected chi connectivity index (χ0v) is 13.3. The lowest BCUT2D eigenvalue weighted by Gasteiger charge is -2.21. The van der Waals surface area contributed by atoms with E-state index in [4.69, 9.17) is 5.73 Å². The number of benzene rings is 3. The first-order valence-corrected chi connectivity index (χ1v) is 7.21. The molecule has 0 aliphatic rings. The van der Waals surface area contributed by atoms with E-state index in [2.05, 4.69) is 30.3 Å². The van der Waals surface area contributed by atoms with Crippen LogP contribution >= 0.6 is 12.4 Å². The van der Waals surface area contributed by atoms with Gasteiger partial charge < -0.3 is 5.11 Å². The van der Waals surface area contributed by atoms with Crippen molar-refractivity contribution < 1.29 is 5.11 Å². The van der Waals surface area contributed by atoms with Crippen molar-refractivity contribution >= 4 is 23.2 Å². The third kappa shape index (κ3) is 3.14. The Balaban J connectivity index is 0.00000176. The third-order valence-electron chi connectivity index (χ3n) is 4.01. The van der Waals surface area contributed by atoms with Crippen molar-refractivity contribution in [3.63, 3.8) is 0 Å². The Kier molecular flexibility index (Phi) is 4.87. The minimum atomic E-state index is -1.25. The van der Waals surface area contributed by atoms with Gasteiger partial charge in [-0.1, -0.05) is 67.6 Å². The van der Waals surface area contributed by atoms with Gasteiger partial charge in [0.1, 0.15) is 5.72 Å². The van der Waals surface area contributed by atoms with Crippen LogP contribution in [0.1, 0.15) is 18.9 Å². The molecule has 0 spiro atoms. The van der Waals surface area contributed by atoms with E-state index in [0.29, 0.717) is 6.42 Å². The molecule has 0 saturated heterocycles. The quantitative estimate of drug-likeness (QED) is 0.702. The summed E-state index contributed by atoms with van der Waals surface area (Å²) in [6, 6.07) is 22.5. The molecule has 1 atom stereocenters. The molecule has 3 aromatic carbocycles. The van der Waals surface area contributed by atoms with Crippen LogP contribution in [0.3, 0.4) is 0 Å². The first-order valence-electron chi connectivity index (χ1n) is 7.21. The molecule has 3 aromatic rings. The molecule has 0 aromatic heterocycles. The van der Waals surface area contributed by atoms with E-state index >= 15 is 0 Å². The van der Waals surface area contributed by atoms with Crippen LogP contribution in [-0.4, -0.2) is 5.11 Å². The van der Waals surface area contributed by atoms with Crippen molar-refractivity contribution in [2.75, 3.05) is 0 Å². The molecule has 0 aliphatic heterocycles. The van der Waals surface area contributed by atoms with Crippen molar-refractivity contribution in [3.05, 3.63) is 72.3 Å². The molecule has 0 radical (unpaired) electrons. The Morgan fingerprint density at radius 3 is 2.09 bits per heavy atom. The Bertz CT molecular complexity index is 766. The SMILES string of the molecule is CC[C@](N)(O)c1ccc(-c2ccc3ccccc3c2)cc1.Cl. The molecular formula is C19H20ClNO. The van der Waals surface area contributed by atoms with E-state index in [-0.39, 0.29) is 12.4 Å². The second-order valence-electron chi connectivity index (χ2n) is 5.42. The van der Waals surface area contributed by atoms with Gasteiger partial charge in [0, 0.05) is 0 Å². The molecule has 114 valence electrons. The number of nitrogens with two attached hydrogens (primary N) is 1. The Morgan fingerprint density at radius 2 is 1.45 bits per heavy atom. The van der Waals surface area contributed by atoms with E-state index < -0.39 is 5.72 Å². The highest BCUT2D eigenvalue weighted by Crippen LogP contribution is 2.27. The highest BCUT2D eigenvalue weighted by molar-refractivity contribution is 5.87. The summed E-state index contributed by atoms with van der Waals surface area (Å²) in [5.74, 6) is 0. The molecule has 3 rings (SSSR count). The van der Waals surface area contributed by atoms with Gasteiger partial charge in [-0.2, -0.15) is 0 Å². The summed E-state index contributed by atoms with van der Waals surface area (Å²) in [4.78, 5) is 0. The van der Waals surface area contributed by atoms with Crippen LogP contribution in [0, 0.1) is 0 Å². The van der Waals surface area contributed by atoms with Crippen molar-refractivity contribution in [1.82, 2.24) is 0 Å². The molecule has 0 amide bonds. The first kappa shape index (κ1) is 16.5. The Morgan fingerprint density at radius 1 is 0.864 bits per heavy atom. The van der Waals surface area contributed by atoms with Gasteiger partial charge in [0.25, 0.3) is 0 Å². The van der Waals surface area contributed by atoms with Gasteiger partial charge in [-0.05, 0) is 39.9 Å². The van der Waals surface area contributed by atoms with Crippen LogP contribution in [0.4, 0.5) is 0 Å². The van der Waals surface area contributed by atoms with Gasteiger partial charge in [0.05, 0.1) is 0 Å². The van der Waals surface area contributed by atoms with E-state index in [1.165, 1.54) is 10.8 Å². The van der Waals surface area contributed by atoms with E-state index in [9.17, 15) is 5.11 Å². The van der Waals surface area contributed by atoms with Crippen LogP contribution < -0.4 is 5.73 Å². The minimum absolute atomic E-state index is 0. The number of hydrogen-bond donors (Lipinski definition) is 2. The van der Waals surface area contributed by atoms with Crippen LogP contribution in [0.25, 0.3) is 21.9 Å². The molecule has 3 heteroatoms. The monoisotopic (exact) mass is 313 g/mol. The summed E-state index contributed by atoms with van der Waals surface area (Å²) in [7, 11) is 0. The fourth-order valence-corrected chi connectivity index (χ4v) is 2.52. The smallest absolute Gasteiger partial charge is 0.139 e. The Hall–Kier alpha value is -1.87. The zero-order valence-electron chi connectivity index (χ0n) is 12.5. The second-order valence-corrected chi connectivity index (χ2v) is 5.42. The standard InChI is InChI=1S/C19H19NO.ClH/c1-2-19(20,21)18-11-9-15(10-12-18)17-8-7-14-5-3-4-6-16(14)13-17;/h3-13,21H,2,20H2,1H3;1H/t19-;/m0./s1. The van der Waals surface area contributed by atoms with Crippen molar-refractivity contribution in [2.24, 2.45) is 5.73 Å². The van der Waals surface area contributed by atoms with Gasteiger partial charge in [-0.15, -0.1) is 12.4 Å². The van der Waals surface area contributed by atoms with Gasteiger partial charge in [0.15, 0.2) is 0 Å². The normalized spacial score (nSPS) is 13.4. The predicted octanol–water partition coefficient (Wildman–Crippen LogP) is 4.44. The topological polar surface area (TPSA) is 46.2 Å². The summed E-state index contributed by atoms with van der Waals surface area (Å²) in [5, 5.41) is 12.5. The summed E-state index contributed by atoms with van der Waals surface area (Å²) in [5.41, 5.74) is 7.64. The van der Waals surface area contributed by atoms with Gasteiger partial charge in [0.2, 0.25) is 0 Å². The molecule has 22 heavy (non-hydrogen) atoms. The summed E-state index contributed by atoms with van der Waals surface area (Å²) < 4.78 is 0.